The van der Waals surface area contributed by atoms with Gasteiger partial charge in [0.15, 0.2) is 0 Å². The molecule has 1 saturated carbocycles. The molecule has 2 aliphatic rings. The zero-order valence-electron chi connectivity index (χ0n) is 14.1. The van der Waals surface area contributed by atoms with Crippen molar-refractivity contribution in [3.8, 4) is 0 Å². The van der Waals surface area contributed by atoms with E-state index in [2.05, 4.69) is 13.8 Å². The summed E-state index contributed by atoms with van der Waals surface area (Å²) in [7, 11) is 0. The fourth-order valence-electron chi connectivity index (χ4n) is 4.71. The van der Waals surface area contributed by atoms with Gasteiger partial charge in [0, 0.05) is 31.4 Å². The fraction of sp³-hybridized carbons (Fsp3) is 1.00. The van der Waals surface area contributed by atoms with Gasteiger partial charge < -0.3 is 15.6 Å². The Kier molecular flexibility index (Phi) is 6.10. The van der Waals surface area contributed by atoms with Crippen molar-refractivity contribution in [2.75, 3.05) is 13.2 Å². The molecule has 1 saturated heterocycles. The van der Waals surface area contributed by atoms with Crippen molar-refractivity contribution < 1.29 is 9.84 Å². The molecule has 0 spiro atoms. The van der Waals surface area contributed by atoms with Crippen molar-refractivity contribution in [1.82, 2.24) is 0 Å². The molecule has 0 aromatic heterocycles. The maximum atomic E-state index is 11.4. The predicted molar refractivity (Wildman–Crippen MR) is 87.2 cm³/mol. The monoisotopic (exact) mass is 297 g/mol. The molecular formula is C18H35NO2. The highest BCUT2D eigenvalue weighted by molar-refractivity contribution is 5.04. The van der Waals surface area contributed by atoms with Gasteiger partial charge in [0.05, 0.1) is 11.7 Å². The standard InChI is InChI=1S/C18H35NO2/c1-3-5-15-7-9-17(14-19,10-8-15)18(20)11-12-21-16(13-18)6-4-2/h15-16,20H,3-14,19H2,1-2H3. The van der Waals surface area contributed by atoms with Gasteiger partial charge in [-0.2, -0.15) is 0 Å². The predicted octanol–water partition coefficient (Wildman–Crippen LogP) is 3.63. The lowest BCUT2D eigenvalue weighted by Crippen LogP contribution is -2.58. The second-order valence-corrected chi connectivity index (χ2v) is 7.48. The Bertz CT molecular complexity index is 310. The second kappa shape index (κ2) is 7.43. The van der Waals surface area contributed by atoms with Crippen LogP contribution in [0.4, 0.5) is 0 Å². The molecule has 2 atom stereocenters. The molecule has 0 radical (unpaired) electrons. The van der Waals surface area contributed by atoms with Gasteiger partial charge in [-0.15, -0.1) is 0 Å². The van der Waals surface area contributed by atoms with Crippen LogP contribution in [0.2, 0.25) is 0 Å². The Balaban J connectivity index is 2.05. The Morgan fingerprint density at radius 1 is 1.10 bits per heavy atom. The van der Waals surface area contributed by atoms with Crippen LogP contribution in [0.3, 0.4) is 0 Å². The van der Waals surface area contributed by atoms with Gasteiger partial charge in [0.1, 0.15) is 0 Å². The lowest BCUT2D eigenvalue weighted by atomic mass is 9.58. The van der Waals surface area contributed by atoms with E-state index in [1.54, 1.807) is 0 Å². The summed E-state index contributed by atoms with van der Waals surface area (Å²) in [5, 5.41) is 11.4. The highest BCUT2D eigenvalue weighted by Gasteiger charge is 2.52. The summed E-state index contributed by atoms with van der Waals surface area (Å²) < 4.78 is 5.85. The average molecular weight is 297 g/mol. The Labute approximate surface area is 130 Å². The van der Waals surface area contributed by atoms with Crippen LogP contribution < -0.4 is 5.73 Å². The minimum atomic E-state index is -0.600. The van der Waals surface area contributed by atoms with Crippen molar-refractivity contribution in [1.29, 1.82) is 0 Å². The molecule has 3 nitrogen and oxygen atoms in total. The Hall–Kier alpha value is -0.120. The lowest BCUT2D eigenvalue weighted by molar-refractivity contribution is -0.179. The van der Waals surface area contributed by atoms with E-state index in [1.807, 2.05) is 0 Å². The summed E-state index contributed by atoms with van der Waals surface area (Å²) in [4.78, 5) is 0. The van der Waals surface area contributed by atoms with E-state index in [-0.39, 0.29) is 11.5 Å². The molecule has 2 rings (SSSR count). The number of nitrogens with two attached hydrogens (primary N) is 1. The molecule has 0 aromatic carbocycles. The summed E-state index contributed by atoms with van der Waals surface area (Å²) >= 11 is 0. The molecular weight excluding hydrogens is 262 g/mol. The zero-order chi connectivity index (χ0) is 15.3. The summed E-state index contributed by atoms with van der Waals surface area (Å²) in [5.41, 5.74) is 5.53. The Morgan fingerprint density at radius 2 is 1.76 bits per heavy atom. The third-order valence-electron chi connectivity index (χ3n) is 6.18. The first-order chi connectivity index (χ1) is 10.1. The zero-order valence-corrected chi connectivity index (χ0v) is 14.1. The van der Waals surface area contributed by atoms with Crippen molar-refractivity contribution >= 4 is 0 Å². The first kappa shape index (κ1) is 17.2. The van der Waals surface area contributed by atoms with Crippen LogP contribution in [-0.2, 0) is 4.74 Å². The average Bonchev–Trinajstić information content (AvgIpc) is 2.49. The summed E-state index contributed by atoms with van der Waals surface area (Å²) in [6.07, 6.45) is 11.3. The number of rotatable bonds is 6. The van der Waals surface area contributed by atoms with Crippen LogP contribution in [0.15, 0.2) is 0 Å². The maximum Gasteiger partial charge on any atom is 0.0762 e. The first-order valence-corrected chi connectivity index (χ1v) is 9.13. The van der Waals surface area contributed by atoms with Crippen LogP contribution >= 0.6 is 0 Å². The van der Waals surface area contributed by atoms with Crippen molar-refractivity contribution in [2.45, 2.75) is 89.8 Å². The van der Waals surface area contributed by atoms with Gasteiger partial charge in [-0.25, -0.2) is 0 Å². The fourth-order valence-corrected chi connectivity index (χ4v) is 4.71. The molecule has 1 heterocycles. The van der Waals surface area contributed by atoms with Crippen LogP contribution in [0.1, 0.15) is 78.1 Å². The second-order valence-electron chi connectivity index (χ2n) is 7.48. The molecule has 1 aliphatic carbocycles. The van der Waals surface area contributed by atoms with E-state index in [1.165, 1.54) is 25.7 Å². The molecule has 0 aromatic rings. The minimum Gasteiger partial charge on any atom is -0.389 e. The van der Waals surface area contributed by atoms with Crippen LogP contribution in [0, 0.1) is 11.3 Å². The molecule has 124 valence electrons. The van der Waals surface area contributed by atoms with Crippen molar-refractivity contribution in [3.05, 3.63) is 0 Å². The topological polar surface area (TPSA) is 55.5 Å². The van der Waals surface area contributed by atoms with Gasteiger partial charge in [-0.1, -0.05) is 33.1 Å². The first-order valence-electron chi connectivity index (χ1n) is 9.13. The SMILES string of the molecule is CCCC1CCC(CN)(C2(O)CCOC(CCC)C2)CC1. The quantitative estimate of drug-likeness (QED) is 0.787. The largest absolute Gasteiger partial charge is 0.389 e. The Morgan fingerprint density at radius 3 is 2.33 bits per heavy atom. The van der Waals surface area contributed by atoms with Crippen LogP contribution in [-0.4, -0.2) is 30.0 Å². The lowest BCUT2D eigenvalue weighted by Gasteiger charge is -2.53. The number of hydrogen-bond donors (Lipinski definition) is 2. The normalized spacial score (nSPS) is 41.1. The maximum absolute atomic E-state index is 11.4. The highest BCUT2D eigenvalue weighted by Crippen LogP contribution is 2.51. The van der Waals surface area contributed by atoms with Gasteiger partial charge in [0.2, 0.25) is 0 Å². The third kappa shape index (κ3) is 3.62. The molecule has 0 bridgehead atoms. The molecule has 21 heavy (non-hydrogen) atoms. The minimum absolute atomic E-state index is 0.0625. The van der Waals surface area contributed by atoms with E-state index in [9.17, 15) is 5.11 Å². The highest BCUT2D eigenvalue weighted by atomic mass is 16.5. The van der Waals surface area contributed by atoms with E-state index >= 15 is 0 Å². The van der Waals surface area contributed by atoms with E-state index in [0.29, 0.717) is 13.2 Å². The summed E-state index contributed by atoms with van der Waals surface area (Å²) in [5.74, 6) is 0.851. The van der Waals surface area contributed by atoms with Crippen molar-refractivity contribution in [2.24, 2.45) is 17.1 Å². The molecule has 3 N–H and O–H groups in total. The van der Waals surface area contributed by atoms with Gasteiger partial charge in [-0.3, -0.25) is 0 Å². The van der Waals surface area contributed by atoms with Crippen LogP contribution in [0.25, 0.3) is 0 Å². The number of hydrogen-bond acceptors (Lipinski definition) is 3. The third-order valence-corrected chi connectivity index (χ3v) is 6.18. The molecule has 2 unspecified atom stereocenters. The molecule has 0 amide bonds. The molecule has 3 heteroatoms. The van der Waals surface area contributed by atoms with E-state index < -0.39 is 5.60 Å². The molecule has 2 fully saturated rings. The number of aliphatic hydroxyl groups is 1. The summed E-state index contributed by atoms with van der Waals surface area (Å²) in [6.45, 7) is 5.78. The smallest absolute Gasteiger partial charge is 0.0762 e. The molecule has 1 aliphatic heterocycles. The van der Waals surface area contributed by atoms with E-state index in [4.69, 9.17) is 10.5 Å². The summed E-state index contributed by atoms with van der Waals surface area (Å²) in [6, 6.07) is 0. The van der Waals surface area contributed by atoms with Gasteiger partial charge >= 0.3 is 0 Å². The van der Waals surface area contributed by atoms with Crippen molar-refractivity contribution in [3.63, 3.8) is 0 Å². The van der Waals surface area contributed by atoms with Gasteiger partial charge in [0.25, 0.3) is 0 Å². The van der Waals surface area contributed by atoms with Crippen LogP contribution in [0.5, 0.6) is 0 Å². The van der Waals surface area contributed by atoms with E-state index in [0.717, 1.165) is 44.4 Å². The number of ether oxygens (including phenoxy) is 1. The van der Waals surface area contributed by atoms with Gasteiger partial charge in [-0.05, 0) is 38.0 Å².